The van der Waals surface area contributed by atoms with Gasteiger partial charge in [0.2, 0.25) is 0 Å². The molecule has 1 saturated carbocycles. The maximum atomic E-state index is 13.7. The van der Waals surface area contributed by atoms with Crippen molar-refractivity contribution >= 4 is 33.7 Å². The van der Waals surface area contributed by atoms with E-state index in [1.54, 1.807) is 67.6 Å². The van der Waals surface area contributed by atoms with Crippen molar-refractivity contribution in [1.82, 2.24) is 0 Å². The van der Waals surface area contributed by atoms with E-state index in [0.29, 0.717) is 16.9 Å². The Labute approximate surface area is 193 Å². The van der Waals surface area contributed by atoms with Gasteiger partial charge in [0.25, 0.3) is 0 Å². The number of hydrogen-bond donors (Lipinski definition) is 0. The van der Waals surface area contributed by atoms with E-state index in [1.807, 2.05) is 19.1 Å². The van der Waals surface area contributed by atoms with Gasteiger partial charge in [-0.1, -0.05) is 64.0 Å². The molecule has 5 rings (SSSR count). The second-order valence-corrected chi connectivity index (χ2v) is 9.32. The predicted octanol–water partition coefficient (Wildman–Crippen LogP) is 5.25. The van der Waals surface area contributed by atoms with Crippen molar-refractivity contribution in [3.8, 4) is 11.5 Å². The number of halogens is 1. The number of ether oxygens (including phenoxy) is 2. The van der Waals surface area contributed by atoms with E-state index in [1.165, 1.54) is 0 Å². The number of fused-ring (bicyclic) bond motifs is 3. The highest BCUT2D eigenvalue weighted by atomic mass is 79.9. The summed E-state index contributed by atoms with van der Waals surface area (Å²) in [4.78, 5) is 40.6. The number of Topliss-reactive ketones (excluding diaryl/α,β-unsaturated/α-hetero) is 1. The summed E-state index contributed by atoms with van der Waals surface area (Å²) in [5.74, 6) is -1.85. The van der Waals surface area contributed by atoms with Gasteiger partial charge in [0.05, 0.1) is 5.41 Å². The van der Waals surface area contributed by atoms with Crippen molar-refractivity contribution in [1.29, 1.82) is 0 Å². The summed E-state index contributed by atoms with van der Waals surface area (Å²) in [6.07, 6.45) is 0. The molecular formula is C26H19BrO5. The van der Waals surface area contributed by atoms with Crippen LogP contribution >= 0.6 is 15.9 Å². The lowest BCUT2D eigenvalue weighted by Gasteiger charge is -2.22. The molecule has 1 fully saturated rings. The molecule has 6 heteroatoms. The molecule has 0 saturated heterocycles. The fourth-order valence-corrected chi connectivity index (χ4v) is 5.17. The number of aryl methyl sites for hydroxylation is 1. The van der Waals surface area contributed by atoms with Gasteiger partial charge in [0.15, 0.2) is 11.2 Å². The quantitative estimate of drug-likeness (QED) is 0.216. The number of para-hydroxylation sites is 1. The molecule has 3 aromatic carbocycles. The van der Waals surface area contributed by atoms with Gasteiger partial charge in [-0.25, -0.2) is 0 Å². The Hall–Kier alpha value is -3.25. The van der Waals surface area contributed by atoms with Crippen molar-refractivity contribution in [2.24, 2.45) is 10.8 Å². The molecule has 0 spiro atoms. The van der Waals surface area contributed by atoms with E-state index in [2.05, 4.69) is 15.9 Å². The van der Waals surface area contributed by atoms with E-state index < -0.39 is 28.7 Å². The van der Waals surface area contributed by atoms with Crippen LogP contribution in [-0.2, 0) is 9.59 Å². The highest BCUT2D eigenvalue weighted by molar-refractivity contribution is 9.10. The summed E-state index contributed by atoms with van der Waals surface area (Å²) >= 11 is 3.34. The zero-order valence-corrected chi connectivity index (χ0v) is 19.0. The van der Waals surface area contributed by atoms with Gasteiger partial charge >= 0.3 is 11.9 Å². The minimum absolute atomic E-state index is 0.287. The van der Waals surface area contributed by atoms with Crippen LogP contribution in [0.25, 0.3) is 0 Å². The first kappa shape index (κ1) is 20.6. The summed E-state index contributed by atoms with van der Waals surface area (Å²) in [6.45, 7) is 3.59. The first-order valence-corrected chi connectivity index (χ1v) is 11.0. The fraction of sp³-hybridized carbons (Fsp3) is 0.192. The molecule has 1 heterocycles. The fourth-order valence-electron chi connectivity index (χ4n) is 4.90. The van der Waals surface area contributed by atoms with E-state index in [9.17, 15) is 14.4 Å². The molecule has 1 aliphatic carbocycles. The van der Waals surface area contributed by atoms with Gasteiger partial charge in [0, 0.05) is 21.5 Å². The molecule has 0 aromatic heterocycles. The Kier molecular flexibility index (Phi) is 4.60. The Morgan fingerprint density at radius 1 is 0.969 bits per heavy atom. The molecule has 32 heavy (non-hydrogen) atoms. The standard InChI is InChI=1S/C26H19BrO5/c1-15-7-9-16(10-8-15)22(28)25(2)21-19-5-3-4-6-20(19)32-24(30)26(21,25)23(29)31-18-13-11-17(27)12-14-18/h3-14,21H,1-2H3/t21-,25+,26-/m0/s1. The van der Waals surface area contributed by atoms with Gasteiger partial charge in [-0.05, 0) is 44.2 Å². The van der Waals surface area contributed by atoms with Gasteiger partial charge < -0.3 is 9.47 Å². The van der Waals surface area contributed by atoms with Gasteiger partial charge in [-0.2, -0.15) is 0 Å². The van der Waals surface area contributed by atoms with Crippen LogP contribution in [0.2, 0.25) is 0 Å². The lowest BCUT2D eigenvalue weighted by molar-refractivity contribution is -0.156. The zero-order valence-electron chi connectivity index (χ0n) is 17.4. The second kappa shape index (κ2) is 7.14. The van der Waals surface area contributed by atoms with Crippen LogP contribution in [0.3, 0.4) is 0 Å². The van der Waals surface area contributed by atoms with Crippen LogP contribution in [0.15, 0.2) is 77.3 Å². The number of carbonyl (C=O) groups excluding carboxylic acids is 3. The molecule has 160 valence electrons. The van der Waals surface area contributed by atoms with Gasteiger partial charge in [0.1, 0.15) is 11.5 Å². The summed E-state index contributed by atoms with van der Waals surface area (Å²) < 4.78 is 12.0. The summed E-state index contributed by atoms with van der Waals surface area (Å²) in [6, 6.07) is 20.8. The van der Waals surface area contributed by atoms with E-state index in [0.717, 1.165) is 10.0 Å². The Morgan fingerprint density at radius 3 is 2.31 bits per heavy atom. The highest BCUT2D eigenvalue weighted by Crippen LogP contribution is 2.78. The van der Waals surface area contributed by atoms with Gasteiger partial charge in [-0.15, -0.1) is 0 Å². The molecule has 0 amide bonds. The SMILES string of the molecule is Cc1ccc(C(=O)[C@@]2(C)[C@@H]3c4ccccc4OC(=O)[C@@]32C(=O)Oc2ccc(Br)cc2)cc1. The number of benzene rings is 3. The number of rotatable bonds is 4. The van der Waals surface area contributed by atoms with Crippen molar-refractivity contribution in [3.05, 3.63) is 94.0 Å². The summed E-state index contributed by atoms with van der Waals surface area (Å²) in [5.41, 5.74) is -0.986. The van der Waals surface area contributed by atoms with Crippen molar-refractivity contribution in [2.75, 3.05) is 0 Å². The first-order valence-electron chi connectivity index (χ1n) is 10.2. The molecule has 2 aliphatic rings. The monoisotopic (exact) mass is 490 g/mol. The molecule has 0 bridgehead atoms. The summed E-state index contributed by atoms with van der Waals surface area (Å²) in [5, 5.41) is 0. The van der Waals surface area contributed by atoms with Crippen molar-refractivity contribution < 1.29 is 23.9 Å². The third kappa shape index (κ3) is 2.72. The third-order valence-electron chi connectivity index (χ3n) is 6.63. The topological polar surface area (TPSA) is 69.7 Å². The zero-order chi connectivity index (χ0) is 22.7. The average Bonchev–Trinajstić information content (AvgIpc) is 3.39. The molecule has 3 aromatic rings. The molecule has 5 nitrogen and oxygen atoms in total. The number of hydrogen-bond acceptors (Lipinski definition) is 5. The van der Waals surface area contributed by atoms with E-state index in [4.69, 9.17) is 9.47 Å². The normalized spacial score (nSPS) is 25.2. The lowest BCUT2D eigenvalue weighted by Crippen LogP contribution is -2.41. The first-order chi connectivity index (χ1) is 15.3. The minimum atomic E-state index is -1.75. The maximum absolute atomic E-state index is 13.7. The molecule has 3 atom stereocenters. The Bertz CT molecular complexity index is 1260. The number of carbonyl (C=O) groups is 3. The maximum Gasteiger partial charge on any atom is 0.330 e. The molecule has 0 N–H and O–H groups in total. The Balaban J connectivity index is 1.62. The van der Waals surface area contributed by atoms with Crippen LogP contribution in [0.1, 0.15) is 34.3 Å². The predicted molar refractivity (Wildman–Crippen MR) is 121 cm³/mol. The van der Waals surface area contributed by atoms with E-state index >= 15 is 0 Å². The number of ketones is 1. The summed E-state index contributed by atoms with van der Waals surface area (Å²) in [7, 11) is 0. The Morgan fingerprint density at radius 2 is 1.62 bits per heavy atom. The van der Waals surface area contributed by atoms with Crippen molar-refractivity contribution in [3.63, 3.8) is 0 Å². The largest absolute Gasteiger partial charge is 0.426 e. The van der Waals surface area contributed by atoms with Crippen LogP contribution in [0, 0.1) is 17.8 Å². The molecular weight excluding hydrogens is 472 g/mol. The minimum Gasteiger partial charge on any atom is -0.426 e. The molecule has 1 aliphatic heterocycles. The average molecular weight is 491 g/mol. The second-order valence-electron chi connectivity index (χ2n) is 8.41. The lowest BCUT2D eigenvalue weighted by atomic mass is 9.86. The highest BCUT2D eigenvalue weighted by Gasteiger charge is 2.89. The number of esters is 2. The van der Waals surface area contributed by atoms with E-state index in [-0.39, 0.29) is 11.5 Å². The molecule has 0 radical (unpaired) electrons. The van der Waals surface area contributed by atoms with Crippen LogP contribution in [0.5, 0.6) is 11.5 Å². The van der Waals surface area contributed by atoms with Crippen LogP contribution in [0.4, 0.5) is 0 Å². The van der Waals surface area contributed by atoms with Gasteiger partial charge in [-0.3, -0.25) is 14.4 Å². The molecule has 0 unspecified atom stereocenters. The van der Waals surface area contributed by atoms with Crippen LogP contribution < -0.4 is 9.47 Å². The van der Waals surface area contributed by atoms with Crippen molar-refractivity contribution in [2.45, 2.75) is 19.8 Å². The van der Waals surface area contributed by atoms with Crippen LogP contribution in [-0.4, -0.2) is 17.7 Å². The smallest absolute Gasteiger partial charge is 0.330 e. The third-order valence-corrected chi connectivity index (χ3v) is 7.16.